The minimum absolute atomic E-state index is 0.0466. The molecule has 0 aliphatic carbocycles. The van der Waals surface area contributed by atoms with Gasteiger partial charge in [0.25, 0.3) is 0 Å². The van der Waals surface area contributed by atoms with Crippen LogP contribution in [-0.2, 0) is 38.0 Å². The number of esters is 2. The maximum atomic E-state index is 12.9. The monoisotopic (exact) mass is 844 g/mol. The highest BCUT2D eigenvalue weighted by Crippen LogP contribution is 2.12. The molecule has 1 unspecified atom stereocenters. The number of nitrogens with zero attached hydrogens (tertiary/aromatic N) is 1. The molecular weight excluding hydrogens is 759 g/mol. The lowest BCUT2D eigenvalue weighted by Crippen LogP contribution is -2.28. The molecule has 0 saturated heterocycles. The van der Waals surface area contributed by atoms with Crippen molar-refractivity contribution in [3.05, 3.63) is 24.3 Å². The highest BCUT2D eigenvalue weighted by molar-refractivity contribution is 5.69. The Hall–Kier alpha value is -3.31. The summed E-state index contributed by atoms with van der Waals surface area (Å²) in [4.78, 5) is 40.2. The topological polar surface area (TPSA) is 110 Å². The molecule has 0 saturated carbocycles. The molecule has 0 aromatic carbocycles. The van der Waals surface area contributed by atoms with Crippen LogP contribution in [0.3, 0.4) is 0 Å². The van der Waals surface area contributed by atoms with Crippen LogP contribution < -0.4 is 0 Å². The average molecular weight is 844 g/mol. The predicted octanol–water partition coefficient (Wildman–Crippen LogP) is 11.7. The third-order valence-corrected chi connectivity index (χ3v) is 9.67. The Kier molecular flexibility index (Phi) is 42.7. The Morgan fingerprint density at radius 3 is 1.62 bits per heavy atom. The van der Waals surface area contributed by atoms with Crippen molar-refractivity contribution in [2.75, 3.05) is 59.3 Å². The number of carbonyl (C=O) groups is 3. The standard InChI is InChI=1S/C50H85NO9/c1-6-11-14-17-20-21-22-23-24-25-26-27-28-29-32-36-47(52)58-43-46(45-60-50(54)57-42-35-39-51(9-4)10-5)44-59-48(53)37-38-49(55-40-33-30-18-15-12-7-2)56-41-34-31-19-16-13-8-3/h20-21,23-24,46,49H,6-17,22,25-29,32-45H2,1-5H3/b21-20-,24-23-. The summed E-state index contributed by atoms with van der Waals surface area (Å²) in [7, 11) is 0. The van der Waals surface area contributed by atoms with Gasteiger partial charge in [-0.25, -0.2) is 4.79 Å². The molecule has 1 atom stereocenters. The van der Waals surface area contributed by atoms with Crippen LogP contribution in [0.1, 0.15) is 182 Å². The van der Waals surface area contributed by atoms with Gasteiger partial charge in [0, 0.05) is 45.1 Å². The molecule has 0 fully saturated rings. The van der Waals surface area contributed by atoms with Gasteiger partial charge in [0.2, 0.25) is 0 Å². The number of carbonyl (C=O) groups excluding carboxylic acids is 3. The van der Waals surface area contributed by atoms with Gasteiger partial charge in [0.05, 0.1) is 32.2 Å². The second-order valence-electron chi connectivity index (χ2n) is 15.1. The van der Waals surface area contributed by atoms with E-state index in [-0.39, 0.29) is 38.8 Å². The van der Waals surface area contributed by atoms with Crippen molar-refractivity contribution < 1.29 is 42.8 Å². The fourth-order valence-electron chi connectivity index (χ4n) is 5.82. The van der Waals surface area contributed by atoms with Gasteiger partial charge in [-0.15, -0.1) is 23.7 Å². The first-order chi connectivity index (χ1) is 29.4. The molecule has 0 bridgehead atoms. The van der Waals surface area contributed by atoms with Gasteiger partial charge in [0.15, 0.2) is 6.29 Å². The van der Waals surface area contributed by atoms with E-state index in [9.17, 15) is 14.4 Å². The van der Waals surface area contributed by atoms with E-state index in [2.05, 4.69) is 87.5 Å². The highest BCUT2D eigenvalue weighted by atomic mass is 16.7. The van der Waals surface area contributed by atoms with Crippen molar-refractivity contribution in [2.45, 2.75) is 189 Å². The normalized spacial score (nSPS) is 11.7. The minimum Gasteiger partial charge on any atom is -0.465 e. The number of unbranched alkanes of at least 4 members (excludes halogenated alkanes) is 12. The van der Waals surface area contributed by atoms with Gasteiger partial charge < -0.3 is 33.3 Å². The molecule has 0 amide bonds. The molecule has 10 heteroatoms. The molecule has 0 radical (unpaired) electrons. The van der Waals surface area contributed by atoms with Crippen LogP contribution in [0.5, 0.6) is 0 Å². The quantitative estimate of drug-likeness (QED) is 0.0148. The van der Waals surface area contributed by atoms with E-state index in [1.54, 1.807) is 0 Å². The van der Waals surface area contributed by atoms with E-state index in [4.69, 9.17) is 28.4 Å². The van der Waals surface area contributed by atoms with Crippen molar-refractivity contribution in [3.8, 4) is 23.7 Å². The molecule has 0 aromatic heterocycles. The second-order valence-corrected chi connectivity index (χ2v) is 15.1. The summed E-state index contributed by atoms with van der Waals surface area (Å²) < 4.78 is 33.7. The first kappa shape index (κ1) is 56.7. The van der Waals surface area contributed by atoms with E-state index >= 15 is 0 Å². The SMILES string of the molecule is CCCCC#CCCOC(CCC(=O)OCC(COC(=O)CCCCCCC/C=C\C/C=C\CCCCC)COC(=O)OCCCN(CC)CC)OCCC#CCCCC. The zero-order chi connectivity index (χ0) is 44.0. The van der Waals surface area contributed by atoms with Crippen LogP contribution in [0.2, 0.25) is 0 Å². The minimum atomic E-state index is -0.801. The number of rotatable bonds is 39. The van der Waals surface area contributed by atoms with Gasteiger partial charge in [-0.3, -0.25) is 9.59 Å². The highest BCUT2D eigenvalue weighted by Gasteiger charge is 2.20. The lowest BCUT2D eigenvalue weighted by atomic mass is 10.1. The van der Waals surface area contributed by atoms with Gasteiger partial charge in [-0.2, -0.15) is 0 Å². The third-order valence-electron chi connectivity index (χ3n) is 9.67. The van der Waals surface area contributed by atoms with Gasteiger partial charge in [-0.1, -0.05) is 104 Å². The number of allylic oxidation sites excluding steroid dienone is 4. The predicted molar refractivity (Wildman–Crippen MR) is 243 cm³/mol. The van der Waals surface area contributed by atoms with E-state index in [0.717, 1.165) is 103 Å². The van der Waals surface area contributed by atoms with Crippen LogP contribution >= 0.6 is 0 Å². The summed E-state index contributed by atoms with van der Waals surface area (Å²) in [6.07, 6.45) is 28.4. The summed E-state index contributed by atoms with van der Waals surface area (Å²) in [5, 5.41) is 0. The summed E-state index contributed by atoms with van der Waals surface area (Å²) >= 11 is 0. The maximum absolute atomic E-state index is 12.9. The van der Waals surface area contributed by atoms with Crippen molar-refractivity contribution in [2.24, 2.45) is 5.92 Å². The number of hydrogen-bond donors (Lipinski definition) is 0. The van der Waals surface area contributed by atoms with Crippen LogP contribution in [0, 0.1) is 29.6 Å². The fourth-order valence-corrected chi connectivity index (χ4v) is 5.82. The largest absolute Gasteiger partial charge is 0.508 e. The molecule has 0 N–H and O–H groups in total. The van der Waals surface area contributed by atoms with Gasteiger partial charge in [0.1, 0.15) is 19.8 Å². The lowest BCUT2D eigenvalue weighted by Gasteiger charge is -2.19. The van der Waals surface area contributed by atoms with Gasteiger partial charge in [-0.05, 0) is 70.9 Å². The average Bonchev–Trinajstić information content (AvgIpc) is 3.25. The van der Waals surface area contributed by atoms with Crippen LogP contribution in [-0.4, -0.2) is 88.6 Å². The summed E-state index contributed by atoms with van der Waals surface area (Å²) in [6, 6.07) is 0. The molecule has 0 aromatic rings. The molecule has 0 aliphatic heterocycles. The molecule has 0 heterocycles. The Bertz CT molecular complexity index is 1180. The summed E-state index contributed by atoms with van der Waals surface area (Å²) in [6.45, 7) is 14.2. The van der Waals surface area contributed by atoms with E-state index < -0.39 is 24.3 Å². The van der Waals surface area contributed by atoms with Crippen LogP contribution in [0.15, 0.2) is 24.3 Å². The fraction of sp³-hybridized carbons (Fsp3) is 0.780. The lowest BCUT2D eigenvalue weighted by molar-refractivity contribution is -0.159. The molecule has 60 heavy (non-hydrogen) atoms. The van der Waals surface area contributed by atoms with Crippen LogP contribution in [0.4, 0.5) is 4.79 Å². The first-order valence-electron chi connectivity index (χ1n) is 23.7. The summed E-state index contributed by atoms with van der Waals surface area (Å²) in [5.41, 5.74) is 0. The Morgan fingerprint density at radius 2 is 1.03 bits per heavy atom. The molecular formula is C50H85NO9. The zero-order valence-corrected chi connectivity index (χ0v) is 38.7. The van der Waals surface area contributed by atoms with E-state index in [1.807, 2.05) is 0 Å². The van der Waals surface area contributed by atoms with Crippen molar-refractivity contribution in [3.63, 3.8) is 0 Å². The first-order valence-corrected chi connectivity index (χ1v) is 23.7. The number of hydrogen-bond acceptors (Lipinski definition) is 10. The number of ether oxygens (including phenoxy) is 6. The second kappa shape index (κ2) is 45.2. The maximum Gasteiger partial charge on any atom is 0.508 e. The summed E-state index contributed by atoms with van der Waals surface area (Å²) in [5.74, 6) is 11.3. The molecule has 0 rings (SSSR count). The van der Waals surface area contributed by atoms with E-state index in [1.165, 1.54) is 25.7 Å². The molecule has 10 nitrogen and oxygen atoms in total. The molecule has 0 spiro atoms. The third kappa shape index (κ3) is 40.1. The Labute approximate surface area is 366 Å². The Balaban J connectivity index is 4.91. The zero-order valence-electron chi connectivity index (χ0n) is 38.7. The van der Waals surface area contributed by atoms with Crippen molar-refractivity contribution >= 4 is 18.1 Å². The Morgan fingerprint density at radius 1 is 0.517 bits per heavy atom. The van der Waals surface area contributed by atoms with Crippen molar-refractivity contribution in [1.29, 1.82) is 0 Å². The van der Waals surface area contributed by atoms with Crippen molar-refractivity contribution in [1.82, 2.24) is 4.90 Å². The molecule has 344 valence electrons. The van der Waals surface area contributed by atoms with E-state index in [0.29, 0.717) is 45.3 Å². The molecule has 0 aliphatic rings. The van der Waals surface area contributed by atoms with Gasteiger partial charge >= 0.3 is 18.1 Å². The van der Waals surface area contributed by atoms with Crippen LogP contribution in [0.25, 0.3) is 0 Å². The smallest absolute Gasteiger partial charge is 0.465 e.